The lowest BCUT2D eigenvalue weighted by molar-refractivity contribution is 0.0886. The van der Waals surface area contributed by atoms with Crippen LogP contribution in [-0.4, -0.2) is 43.0 Å². The molecule has 1 atom stereocenters. The van der Waals surface area contributed by atoms with Crippen molar-refractivity contribution in [3.05, 3.63) is 54.2 Å². The van der Waals surface area contributed by atoms with E-state index in [0.717, 1.165) is 11.3 Å². The molecular weight excluding hydrogens is 318 g/mol. The van der Waals surface area contributed by atoms with Gasteiger partial charge in [-0.25, -0.2) is 4.68 Å². The summed E-state index contributed by atoms with van der Waals surface area (Å²) >= 11 is 0. The third kappa shape index (κ3) is 4.19. The number of aliphatic hydroxyl groups excluding tert-OH is 1. The topological polar surface area (TPSA) is 86.0 Å². The summed E-state index contributed by atoms with van der Waals surface area (Å²) in [6.45, 7) is 4.60. The van der Waals surface area contributed by atoms with E-state index in [1.807, 2.05) is 42.5 Å². The highest BCUT2D eigenvalue weighted by Crippen LogP contribution is 2.26. The molecule has 3 aromatic rings. The number of aliphatic hydroxyl groups is 1. The fraction of sp³-hybridized carbons (Fsp3) is 0.333. The number of rotatable bonds is 7. The van der Waals surface area contributed by atoms with Crippen molar-refractivity contribution in [1.82, 2.24) is 25.2 Å². The van der Waals surface area contributed by atoms with Crippen LogP contribution in [0.5, 0.6) is 5.75 Å². The number of hydrogen-bond donors (Lipinski definition) is 1. The maximum Gasteiger partial charge on any atom is 0.200 e. The number of hydrogen-bond acceptors (Lipinski definition) is 6. The summed E-state index contributed by atoms with van der Waals surface area (Å²) in [4.78, 5) is 4.24. The molecule has 1 unspecified atom stereocenters. The van der Waals surface area contributed by atoms with Gasteiger partial charge in [-0.15, -0.1) is 5.10 Å². The van der Waals surface area contributed by atoms with Crippen LogP contribution >= 0.6 is 0 Å². The molecule has 0 fully saturated rings. The molecule has 7 heteroatoms. The monoisotopic (exact) mass is 339 g/mol. The van der Waals surface area contributed by atoms with E-state index in [-0.39, 0.29) is 13.2 Å². The molecule has 0 aliphatic heterocycles. The predicted molar refractivity (Wildman–Crippen MR) is 93.1 cm³/mol. The second-order valence-corrected chi connectivity index (χ2v) is 6.06. The second-order valence-electron chi connectivity index (χ2n) is 6.06. The number of ether oxygens (including phenoxy) is 1. The molecule has 0 saturated heterocycles. The Bertz CT molecular complexity index is 804. The van der Waals surface area contributed by atoms with E-state index in [9.17, 15) is 5.11 Å². The number of nitrogens with zero attached hydrogens (tertiary/aromatic N) is 5. The molecule has 1 N–H and O–H groups in total. The van der Waals surface area contributed by atoms with Crippen molar-refractivity contribution < 1.29 is 9.84 Å². The van der Waals surface area contributed by atoms with Gasteiger partial charge in [0.05, 0.1) is 6.54 Å². The largest absolute Gasteiger partial charge is 0.491 e. The summed E-state index contributed by atoms with van der Waals surface area (Å²) in [5.41, 5.74) is 1.78. The normalized spacial score (nSPS) is 12.3. The lowest BCUT2D eigenvalue weighted by atomic mass is 10.0. The maximum atomic E-state index is 10.3. The van der Waals surface area contributed by atoms with Gasteiger partial charge in [-0.05, 0) is 40.1 Å². The summed E-state index contributed by atoms with van der Waals surface area (Å²) < 4.78 is 7.34. The van der Waals surface area contributed by atoms with E-state index in [1.54, 1.807) is 6.20 Å². The van der Waals surface area contributed by atoms with Gasteiger partial charge in [0.25, 0.3) is 0 Å². The van der Waals surface area contributed by atoms with E-state index in [4.69, 9.17) is 4.74 Å². The Balaban J connectivity index is 1.65. The van der Waals surface area contributed by atoms with Crippen LogP contribution in [0.1, 0.15) is 25.3 Å². The van der Waals surface area contributed by atoms with Crippen molar-refractivity contribution in [2.24, 2.45) is 0 Å². The standard InChI is InChI=1S/C18H21N5O2/c1-13(2)15-7-3-4-9-17(15)25-12-14(24)11-23-18(20-21-22-23)16-8-5-6-10-19-16/h3-10,13-14,24H,11-12H2,1-2H3. The zero-order valence-corrected chi connectivity index (χ0v) is 14.3. The maximum absolute atomic E-state index is 10.3. The van der Waals surface area contributed by atoms with Crippen LogP contribution < -0.4 is 4.74 Å². The molecule has 2 aromatic heterocycles. The van der Waals surface area contributed by atoms with Crippen molar-refractivity contribution in [2.45, 2.75) is 32.4 Å². The summed E-state index contributed by atoms with van der Waals surface area (Å²) in [5, 5.41) is 21.9. The lowest BCUT2D eigenvalue weighted by Gasteiger charge is -2.16. The average molecular weight is 339 g/mol. The first-order valence-electron chi connectivity index (χ1n) is 8.22. The molecule has 1 aromatic carbocycles. The van der Waals surface area contributed by atoms with Gasteiger partial charge in [0.15, 0.2) is 0 Å². The molecule has 0 amide bonds. The smallest absolute Gasteiger partial charge is 0.200 e. The van der Waals surface area contributed by atoms with Crippen molar-refractivity contribution >= 4 is 0 Å². The van der Waals surface area contributed by atoms with Gasteiger partial charge in [-0.1, -0.05) is 38.1 Å². The Morgan fingerprint density at radius 1 is 1.12 bits per heavy atom. The number of pyridine rings is 1. The highest BCUT2D eigenvalue weighted by molar-refractivity contribution is 5.47. The van der Waals surface area contributed by atoms with Crippen LogP contribution in [0.15, 0.2) is 48.7 Å². The molecule has 25 heavy (non-hydrogen) atoms. The molecule has 3 rings (SSSR count). The van der Waals surface area contributed by atoms with E-state index in [0.29, 0.717) is 17.4 Å². The molecule has 0 aliphatic rings. The number of para-hydroxylation sites is 1. The van der Waals surface area contributed by atoms with Gasteiger partial charge in [0.1, 0.15) is 24.2 Å². The quantitative estimate of drug-likeness (QED) is 0.711. The molecular formula is C18H21N5O2. The van der Waals surface area contributed by atoms with Crippen LogP contribution in [0.3, 0.4) is 0 Å². The van der Waals surface area contributed by atoms with Crippen LogP contribution in [0.2, 0.25) is 0 Å². The average Bonchev–Trinajstić information content (AvgIpc) is 3.09. The Morgan fingerprint density at radius 3 is 2.68 bits per heavy atom. The molecule has 0 radical (unpaired) electrons. The SMILES string of the molecule is CC(C)c1ccccc1OCC(O)Cn1nnnc1-c1ccccn1. The van der Waals surface area contributed by atoms with Crippen LogP contribution in [0, 0.1) is 0 Å². The first-order chi connectivity index (χ1) is 12.1. The van der Waals surface area contributed by atoms with Gasteiger partial charge in [-0.2, -0.15) is 0 Å². The van der Waals surface area contributed by atoms with Gasteiger partial charge < -0.3 is 9.84 Å². The first-order valence-corrected chi connectivity index (χ1v) is 8.22. The number of benzene rings is 1. The molecule has 2 heterocycles. The fourth-order valence-electron chi connectivity index (χ4n) is 2.53. The molecule has 0 bridgehead atoms. The summed E-state index contributed by atoms with van der Waals surface area (Å²) in [6, 6.07) is 13.4. The Labute approximate surface area is 146 Å². The first kappa shape index (κ1) is 17.0. The molecule has 0 aliphatic carbocycles. The zero-order chi connectivity index (χ0) is 17.6. The molecule has 130 valence electrons. The van der Waals surface area contributed by atoms with Crippen LogP contribution in [-0.2, 0) is 6.54 Å². The fourth-order valence-corrected chi connectivity index (χ4v) is 2.53. The Morgan fingerprint density at radius 2 is 1.92 bits per heavy atom. The van der Waals surface area contributed by atoms with E-state index in [2.05, 4.69) is 34.4 Å². The van der Waals surface area contributed by atoms with Crippen molar-refractivity contribution in [1.29, 1.82) is 0 Å². The molecule has 0 saturated carbocycles. The Hall–Kier alpha value is -2.80. The zero-order valence-electron chi connectivity index (χ0n) is 14.3. The van der Waals surface area contributed by atoms with Crippen LogP contribution in [0.25, 0.3) is 11.5 Å². The van der Waals surface area contributed by atoms with E-state index >= 15 is 0 Å². The lowest BCUT2D eigenvalue weighted by Crippen LogP contribution is -2.25. The van der Waals surface area contributed by atoms with Crippen LogP contribution in [0.4, 0.5) is 0 Å². The Kier molecular flexibility index (Phi) is 5.35. The minimum absolute atomic E-state index is 0.158. The summed E-state index contributed by atoms with van der Waals surface area (Å²) in [6.07, 6.45) is 0.933. The van der Waals surface area contributed by atoms with Crippen molar-refractivity contribution in [3.8, 4) is 17.3 Å². The summed E-state index contributed by atoms with van der Waals surface area (Å²) in [5.74, 6) is 1.66. The van der Waals surface area contributed by atoms with E-state index in [1.165, 1.54) is 4.68 Å². The molecule has 0 spiro atoms. The minimum Gasteiger partial charge on any atom is -0.491 e. The number of tetrazole rings is 1. The van der Waals surface area contributed by atoms with Gasteiger partial charge in [-0.3, -0.25) is 4.98 Å². The van der Waals surface area contributed by atoms with Gasteiger partial charge in [0, 0.05) is 6.20 Å². The second kappa shape index (κ2) is 7.85. The third-order valence-electron chi connectivity index (χ3n) is 3.78. The molecule has 7 nitrogen and oxygen atoms in total. The van der Waals surface area contributed by atoms with Crippen molar-refractivity contribution in [3.63, 3.8) is 0 Å². The predicted octanol–water partition coefficient (Wildman–Crippen LogP) is 2.30. The van der Waals surface area contributed by atoms with Gasteiger partial charge >= 0.3 is 0 Å². The summed E-state index contributed by atoms with van der Waals surface area (Å²) in [7, 11) is 0. The minimum atomic E-state index is -0.744. The highest BCUT2D eigenvalue weighted by atomic mass is 16.5. The van der Waals surface area contributed by atoms with E-state index < -0.39 is 6.10 Å². The van der Waals surface area contributed by atoms with Gasteiger partial charge in [0.2, 0.25) is 5.82 Å². The highest BCUT2D eigenvalue weighted by Gasteiger charge is 2.15. The number of aromatic nitrogens is 5. The van der Waals surface area contributed by atoms with Crippen molar-refractivity contribution in [2.75, 3.05) is 6.61 Å². The third-order valence-corrected chi connectivity index (χ3v) is 3.78.